The highest BCUT2D eigenvalue weighted by atomic mass is 16.5. The van der Waals surface area contributed by atoms with Crippen molar-refractivity contribution in [2.45, 2.75) is 18.9 Å². The quantitative estimate of drug-likeness (QED) is 0.787. The number of piperidine rings is 1. The van der Waals surface area contributed by atoms with E-state index in [2.05, 4.69) is 10.2 Å². The van der Waals surface area contributed by atoms with Crippen LogP contribution in [0.25, 0.3) is 0 Å². The first-order chi connectivity index (χ1) is 14.1. The van der Waals surface area contributed by atoms with Crippen molar-refractivity contribution in [3.05, 3.63) is 59.7 Å². The van der Waals surface area contributed by atoms with E-state index in [0.29, 0.717) is 11.1 Å². The number of carbonyl (C=O) groups excluding carboxylic acids is 3. The topological polar surface area (TPSA) is 79.0 Å². The Labute approximate surface area is 169 Å². The van der Waals surface area contributed by atoms with E-state index in [4.69, 9.17) is 4.74 Å². The van der Waals surface area contributed by atoms with Crippen molar-refractivity contribution in [1.82, 2.24) is 10.2 Å². The van der Waals surface area contributed by atoms with Crippen molar-refractivity contribution in [2.75, 3.05) is 31.6 Å². The van der Waals surface area contributed by atoms with Crippen LogP contribution in [0.15, 0.2) is 48.5 Å². The number of nitrogens with one attached hydrogen (secondary N) is 1. The third kappa shape index (κ3) is 3.68. The minimum absolute atomic E-state index is 0.0173. The van der Waals surface area contributed by atoms with Gasteiger partial charge in [0.1, 0.15) is 12.3 Å². The van der Waals surface area contributed by atoms with Crippen LogP contribution in [0, 0.1) is 0 Å². The highest BCUT2D eigenvalue weighted by molar-refractivity contribution is 6.22. The van der Waals surface area contributed by atoms with Crippen LogP contribution in [-0.2, 0) is 4.79 Å². The van der Waals surface area contributed by atoms with E-state index in [0.717, 1.165) is 42.3 Å². The van der Waals surface area contributed by atoms with E-state index in [1.807, 2.05) is 24.3 Å². The summed E-state index contributed by atoms with van der Waals surface area (Å²) in [4.78, 5) is 40.5. The van der Waals surface area contributed by atoms with Crippen LogP contribution < -0.4 is 15.0 Å². The summed E-state index contributed by atoms with van der Waals surface area (Å²) in [5, 5.41) is 2.97. The Balaban J connectivity index is 1.32. The van der Waals surface area contributed by atoms with Gasteiger partial charge in [0, 0.05) is 19.1 Å². The maximum absolute atomic E-state index is 12.5. The lowest BCUT2D eigenvalue weighted by atomic mass is 10.0. The highest BCUT2D eigenvalue weighted by Gasteiger charge is 2.36. The first-order valence-corrected chi connectivity index (χ1v) is 9.71. The molecule has 2 aromatic carbocycles. The Morgan fingerprint density at radius 2 is 1.59 bits per heavy atom. The molecular formula is C22H23N3O4. The summed E-state index contributed by atoms with van der Waals surface area (Å²) >= 11 is 0. The average molecular weight is 393 g/mol. The van der Waals surface area contributed by atoms with E-state index in [9.17, 15) is 14.4 Å². The number of carbonyl (C=O) groups is 3. The number of rotatable bonds is 5. The number of benzene rings is 2. The van der Waals surface area contributed by atoms with E-state index in [-0.39, 0.29) is 18.5 Å². The summed E-state index contributed by atoms with van der Waals surface area (Å²) in [5.74, 6) is -0.297. The molecule has 1 saturated heterocycles. The van der Waals surface area contributed by atoms with Crippen LogP contribution in [0.2, 0.25) is 0 Å². The van der Waals surface area contributed by atoms with Gasteiger partial charge < -0.3 is 15.0 Å². The Hall–Kier alpha value is -3.35. The van der Waals surface area contributed by atoms with Crippen LogP contribution in [-0.4, -0.2) is 55.4 Å². The molecule has 1 N–H and O–H groups in total. The van der Waals surface area contributed by atoms with Gasteiger partial charge in [-0.15, -0.1) is 0 Å². The average Bonchev–Trinajstić information content (AvgIpc) is 2.99. The lowest BCUT2D eigenvalue weighted by Crippen LogP contribution is -2.48. The van der Waals surface area contributed by atoms with Gasteiger partial charge in [0.2, 0.25) is 5.91 Å². The van der Waals surface area contributed by atoms with Gasteiger partial charge in [-0.05, 0) is 37.1 Å². The molecule has 150 valence electrons. The molecule has 7 nitrogen and oxygen atoms in total. The van der Waals surface area contributed by atoms with Gasteiger partial charge >= 0.3 is 0 Å². The Morgan fingerprint density at radius 1 is 1.00 bits per heavy atom. The summed E-state index contributed by atoms with van der Waals surface area (Å²) in [6.45, 7) is 1.33. The molecule has 0 aliphatic carbocycles. The molecule has 2 aliphatic heterocycles. The molecule has 0 aromatic heterocycles. The minimum Gasteiger partial charge on any atom is -0.495 e. The fraction of sp³-hybridized carbons (Fsp3) is 0.318. The molecule has 3 amide bonds. The van der Waals surface area contributed by atoms with Crippen LogP contribution >= 0.6 is 0 Å². The van der Waals surface area contributed by atoms with E-state index >= 15 is 0 Å². The Morgan fingerprint density at radius 3 is 2.21 bits per heavy atom. The van der Waals surface area contributed by atoms with Gasteiger partial charge in [0.05, 0.1) is 23.9 Å². The molecule has 1 fully saturated rings. The van der Waals surface area contributed by atoms with E-state index in [1.165, 1.54) is 0 Å². The second-order valence-electron chi connectivity index (χ2n) is 7.24. The van der Waals surface area contributed by atoms with Gasteiger partial charge in [-0.25, -0.2) is 0 Å². The number of fused-ring (bicyclic) bond motifs is 1. The van der Waals surface area contributed by atoms with Crippen LogP contribution in [0.1, 0.15) is 33.6 Å². The summed E-state index contributed by atoms with van der Waals surface area (Å²) in [6.07, 6.45) is 1.57. The molecule has 0 bridgehead atoms. The van der Waals surface area contributed by atoms with Crippen LogP contribution in [0.3, 0.4) is 0 Å². The number of hydrogen-bond donors (Lipinski definition) is 1. The third-order valence-corrected chi connectivity index (χ3v) is 5.47. The van der Waals surface area contributed by atoms with Gasteiger partial charge in [-0.1, -0.05) is 24.3 Å². The number of imide groups is 1. The van der Waals surface area contributed by atoms with Crippen molar-refractivity contribution in [3.63, 3.8) is 0 Å². The van der Waals surface area contributed by atoms with Gasteiger partial charge in [0.15, 0.2) is 0 Å². The summed E-state index contributed by atoms with van der Waals surface area (Å²) in [7, 11) is 1.66. The van der Waals surface area contributed by atoms with E-state index < -0.39 is 11.8 Å². The van der Waals surface area contributed by atoms with Crippen molar-refractivity contribution in [3.8, 4) is 5.75 Å². The fourth-order valence-corrected chi connectivity index (χ4v) is 3.96. The standard InChI is InChI=1S/C22H23N3O4/c1-29-19-9-5-4-8-18(19)24-12-10-15(11-13-24)23-20(26)14-25-21(27)16-6-2-3-7-17(16)22(25)28/h2-9,15H,10-14H2,1H3,(H,23,26). The zero-order valence-electron chi connectivity index (χ0n) is 16.3. The summed E-state index contributed by atoms with van der Waals surface area (Å²) in [6, 6.07) is 14.5. The number of para-hydroxylation sites is 2. The van der Waals surface area contributed by atoms with Crippen molar-refractivity contribution in [2.24, 2.45) is 0 Å². The molecule has 7 heteroatoms. The van der Waals surface area contributed by atoms with Crippen LogP contribution in [0.5, 0.6) is 5.75 Å². The summed E-state index contributed by atoms with van der Waals surface area (Å²) in [5.41, 5.74) is 1.76. The zero-order valence-corrected chi connectivity index (χ0v) is 16.3. The molecular weight excluding hydrogens is 370 g/mol. The first-order valence-electron chi connectivity index (χ1n) is 9.71. The lowest BCUT2D eigenvalue weighted by Gasteiger charge is -2.34. The fourth-order valence-electron chi connectivity index (χ4n) is 3.96. The molecule has 4 rings (SSSR count). The van der Waals surface area contributed by atoms with Crippen LogP contribution in [0.4, 0.5) is 5.69 Å². The molecule has 2 heterocycles. The maximum atomic E-state index is 12.5. The smallest absolute Gasteiger partial charge is 0.262 e. The largest absolute Gasteiger partial charge is 0.495 e. The number of amides is 3. The molecule has 2 aliphatic rings. The molecule has 0 saturated carbocycles. The highest BCUT2D eigenvalue weighted by Crippen LogP contribution is 2.30. The predicted molar refractivity (Wildman–Crippen MR) is 108 cm³/mol. The Bertz CT molecular complexity index is 916. The molecule has 0 unspecified atom stereocenters. The first kappa shape index (κ1) is 19.0. The number of nitrogens with zero attached hydrogens (tertiary/aromatic N) is 2. The van der Waals surface area contributed by atoms with Gasteiger partial charge in [0.25, 0.3) is 11.8 Å². The number of anilines is 1. The molecule has 0 atom stereocenters. The lowest BCUT2D eigenvalue weighted by molar-refractivity contribution is -0.122. The number of hydrogen-bond acceptors (Lipinski definition) is 5. The van der Waals surface area contributed by atoms with Gasteiger partial charge in [-0.2, -0.15) is 0 Å². The van der Waals surface area contributed by atoms with Crippen molar-refractivity contribution >= 4 is 23.4 Å². The Kier molecular flexibility index (Phi) is 5.20. The predicted octanol–water partition coefficient (Wildman–Crippen LogP) is 2.08. The molecule has 0 radical (unpaired) electrons. The van der Waals surface area contributed by atoms with E-state index in [1.54, 1.807) is 31.4 Å². The zero-order chi connectivity index (χ0) is 20.4. The number of methoxy groups -OCH3 is 1. The monoisotopic (exact) mass is 393 g/mol. The summed E-state index contributed by atoms with van der Waals surface area (Å²) < 4.78 is 5.43. The minimum atomic E-state index is -0.410. The SMILES string of the molecule is COc1ccccc1N1CCC(NC(=O)CN2C(=O)c3ccccc3C2=O)CC1. The van der Waals surface area contributed by atoms with Crippen molar-refractivity contribution < 1.29 is 19.1 Å². The normalized spacial score (nSPS) is 16.7. The number of ether oxygens (including phenoxy) is 1. The van der Waals surface area contributed by atoms with Crippen molar-refractivity contribution in [1.29, 1.82) is 0 Å². The van der Waals surface area contributed by atoms with Gasteiger partial charge in [-0.3, -0.25) is 19.3 Å². The second kappa shape index (κ2) is 7.95. The molecule has 2 aromatic rings. The second-order valence-corrected chi connectivity index (χ2v) is 7.24. The third-order valence-electron chi connectivity index (χ3n) is 5.47. The maximum Gasteiger partial charge on any atom is 0.262 e. The molecule has 29 heavy (non-hydrogen) atoms. The molecule has 0 spiro atoms.